The number of nitrogens with one attached hydrogen (secondary N) is 2. The fourth-order valence-corrected chi connectivity index (χ4v) is 5.04. The zero-order chi connectivity index (χ0) is 29.1. The number of nitrogens with two attached hydrogens (primary N) is 1. The molecule has 0 spiro atoms. The topological polar surface area (TPSA) is 125 Å². The lowest BCUT2D eigenvalue weighted by atomic mass is 10.0. The number of carbonyl (C=O) groups is 3. The Balaban J connectivity index is 0.000000274. The van der Waals surface area contributed by atoms with Gasteiger partial charge in [0.1, 0.15) is 11.9 Å². The first kappa shape index (κ1) is 32.4. The van der Waals surface area contributed by atoms with Crippen LogP contribution < -0.4 is 16.4 Å². The highest BCUT2D eigenvalue weighted by Gasteiger charge is 2.23. The van der Waals surface area contributed by atoms with Crippen LogP contribution in [-0.4, -0.2) is 58.6 Å². The first-order valence-corrected chi connectivity index (χ1v) is 14.1. The van der Waals surface area contributed by atoms with Gasteiger partial charge >= 0.3 is 5.97 Å². The van der Waals surface area contributed by atoms with E-state index in [2.05, 4.69) is 26.6 Å². The molecule has 2 amide bonds. The van der Waals surface area contributed by atoms with Crippen molar-refractivity contribution in [1.82, 2.24) is 10.2 Å². The molecule has 3 rings (SSSR count). The predicted molar refractivity (Wildman–Crippen MR) is 149 cm³/mol. The van der Waals surface area contributed by atoms with Crippen molar-refractivity contribution in [3.8, 4) is 0 Å². The minimum absolute atomic E-state index is 0.00421. The zero-order valence-corrected chi connectivity index (χ0v) is 24.0. The molecule has 1 fully saturated rings. The molecule has 0 aromatic heterocycles. The van der Waals surface area contributed by atoms with Gasteiger partial charge in [0.05, 0.1) is 5.88 Å². The Bertz CT molecular complexity index is 1150. The van der Waals surface area contributed by atoms with Gasteiger partial charge in [-0.05, 0) is 41.7 Å². The monoisotopic (exact) mass is 632 g/mol. The molecular weight excluding hydrogens is 601 g/mol. The number of anilines is 1. The van der Waals surface area contributed by atoms with Crippen LogP contribution in [-0.2, 0) is 27.3 Å². The number of benzene rings is 2. The van der Waals surface area contributed by atoms with Crippen LogP contribution in [0.4, 0.5) is 18.9 Å². The van der Waals surface area contributed by atoms with Crippen molar-refractivity contribution < 1.29 is 32.7 Å². The predicted octanol–water partition coefficient (Wildman–Crippen LogP) is 4.11. The molecule has 2 aromatic carbocycles. The number of rotatable bonds is 11. The summed E-state index contributed by atoms with van der Waals surface area (Å²) in [5, 5.41) is 14.8. The summed E-state index contributed by atoms with van der Waals surface area (Å²) < 4.78 is 40.2. The molecule has 5 N–H and O–H groups in total. The van der Waals surface area contributed by atoms with E-state index in [9.17, 15) is 32.7 Å². The Hall–Kier alpha value is -2.77. The van der Waals surface area contributed by atoms with Gasteiger partial charge in [-0.1, -0.05) is 35.8 Å². The Labute approximate surface area is 238 Å². The highest BCUT2D eigenvalue weighted by atomic mass is 79.9. The van der Waals surface area contributed by atoms with Crippen molar-refractivity contribution in [1.29, 1.82) is 0 Å². The highest BCUT2D eigenvalue weighted by molar-refractivity contribution is 9.10. The van der Waals surface area contributed by atoms with E-state index in [1.54, 1.807) is 22.7 Å². The van der Waals surface area contributed by atoms with E-state index in [4.69, 9.17) is 5.73 Å². The molecule has 214 valence electrons. The number of amides is 2. The van der Waals surface area contributed by atoms with Gasteiger partial charge in [-0.15, -0.1) is 11.8 Å². The molecule has 1 saturated heterocycles. The van der Waals surface area contributed by atoms with Gasteiger partial charge in [0.2, 0.25) is 12.3 Å². The van der Waals surface area contributed by atoms with Gasteiger partial charge in [0.25, 0.3) is 0 Å². The second-order valence-electron chi connectivity index (χ2n) is 9.23. The molecule has 1 aliphatic rings. The van der Waals surface area contributed by atoms with E-state index in [0.717, 1.165) is 21.9 Å². The average molecular weight is 634 g/mol. The maximum atomic E-state index is 13.5. The molecule has 0 aliphatic carbocycles. The SMILES string of the molecule is CC(C)[C@H](Nc1cc(Br)ccc1CNC=O)C(=O)O.NC(CC(=O)N1CCSC1)Cc1cc(F)c(F)cc1F. The highest BCUT2D eigenvalue weighted by Crippen LogP contribution is 2.24. The van der Waals surface area contributed by atoms with Crippen LogP contribution in [0.3, 0.4) is 0 Å². The molecule has 39 heavy (non-hydrogen) atoms. The van der Waals surface area contributed by atoms with E-state index in [1.165, 1.54) is 0 Å². The minimum Gasteiger partial charge on any atom is -0.480 e. The molecule has 1 unspecified atom stereocenters. The maximum Gasteiger partial charge on any atom is 0.326 e. The van der Waals surface area contributed by atoms with Gasteiger partial charge in [0, 0.05) is 47.5 Å². The van der Waals surface area contributed by atoms with Gasteiger partial charge < -0.3 is 26.4 Å². The minimum atomic E-state index is -1.23. The first-order valence-electron chi connectivity index (χ1n) is 12.1. The summed E-state index contributed by atoms with van der Waals surface area (Å²) in [5.41, 5.74) is 7.31. The number of hydrogen-bond acceptors (Lipinski definition) is 6. The lowest BCUT2D eigenvalue weighted by Gasteiger charge is -2.21. The largest absolute Gasteiger partial charge is 0.480 e. The number of halogens is 4. The molecule has 2 atom stereocenters. The van der Waals surface area contributed by atoms with Crippen LogP contribution >= 0.6 is 27.7 Å². The van der Waals surface area contributed by atoms with Crippen molar-refractivity contribution in [2.75, 3.05) is 23.5 Å². The Morgan fingerprint density at radius 3 is 2.44 bits per heavy atom. The van der Waals surface area contributed by atoms with E-state index in [0.29, 0.717) is 37.1 Å². The van der Waals surface area contributed by atoms with Crippen LogP contribution in [0.2, 0.25) is 0 Å². The third-order valence-electron chi connectivity index (χ3n) is 5.81. The van der Waals surface area contributed by atoms with Crippen LogP contribution in [0.1, 0.15) is 31.4 Å². The number of nitrogens with zero attached hydrogens (tertiary/aromatic N) is 1. The van der Waals surface area contributed by atoms with Crippen molar-refractivity contribution in [3.05, 3.63) is 63.4 Å². The summed E-state index contributed by atoms with van der Waals surface area (Å²) in [5.74, 6) is -2.69. The molecule has 0 radical (unpaired) electrons. The third-order valence-corrected chi connectivity index (χ3v) is 7.26. The smallest absolute Gasteiger partial charge is 0.326 e. The maximum absolute atomic E-state index is 13.5. The molecule has 1 aliphatic heterocycles. The Kier molecular flexibility index (Phi) is 13.1. The van der Waals surface area contributed by atoms with Crippen LogP contribution in [0.5, 0.6) is 0 Å². The normalized spacial score (nSPS) is 14.3. The summed E-state index contributed by atoms with van der Waals surface area (Å²) >= 11 is 5.01. The summed E-state index contributed by atoms with van der Waals surface area (Å²) in [6, 6.07) is 5.48. The average Bonchev–Trinajstić information content (AvgIpc) is 3.40. The van der Waals surface area contributed by atoms with E-state index in [-0.39, 0.29) is 30.2 Å². The number of hydrogen-bond donors (Lipinski definition) is 4. The second-order valence-corrected chi connectivity index (χ2v) is 11.2. The summed E-state index contributed by atoms with van der Waals surface area (Å²) in [4.78, 5) is 35.1. The van der Waals surface area contributed by atoms with Crippen molar-refractivity contribution in [2.24, 2.45) is 11.7 Å². The van der Waals surface area contributed by atoms with E-state index in [1.807, 2.05) is 26.0 Å². The summed E-state index contributed by atoms with van der Waals surface area (Å²) in [7, 11) is 0. The molecule has 13 heteroatoms. The first-order chi connectivity index (χ1) is 18.4. The third kappa shape index (κ3) is 10.4. The molecule has 0 bridgehead atoms. The second kappa shape index (κ2) is 15.7. The van der Waals surface area contributed by atoms with Crippen molar-refractivity contribution >= 4 is 51.7 Å². The van der Waals surface area contributed by atoms with Crippen LogP contribution in [0, 0.1) is 23.4 Å². The molecule has 8 nitrogen and oxygen atoms in total. The molecule has 2 aromatic rings. The fraction of sp³-hybridized carbons (Fsp3) is 0.423. The lowest BCUT2D eigenvalue weighted by molar-refractivity contribution is -0.139. The molecule has 0 saturated carbocycles. The van der Waals surface area contributed by atoms with Crippen molar-refractivity contribution in [2.45, 2.75) is 45.3 Å². The molecule has 1 heterocycles. The number of carboxylic acid groups (broad SMARTS) is 1. The van der Waals surface area contributed by atoms with Gasteiger partial charge in [-0.3, -0.25) is 9.59 Å². The number of aliphatic carboxylic acids is 1. The number of thioether (sulfide) groups is 1. The van der Waals surface area contributed by atoms with Crippen LogP contribution in [0.25, 0.3) is 0 Å². The lowest BCUT2D eigenvalue weighted by Crippen LogP contribution is -2.35. The van der Waals surface area contributed by atoms with Crippen molar-refractivity contribution in [3.63, 3.8) is 0 Å². The standard InChI is InChI=1S/C13H17BrN2O3.C13H15F3N2OS/c1-8(2)12(13(18)19)16-11-5-10(14)4-3-9(11)6-15-7-17;14-10-6-12(16)11(15)4-8(10)3-9(17)5-13(19)18-1-2-20-7-18/h3-5,7-8,12,16H,6H2,1-2H3,(H,15,17)(H,18,19);4,6,9H,1-3,5,7,17H2/t12-;/m0./s1. The Morgan fingerprint density at radius 2 is 1.85 bits per heavy atom. The van der Waals surface area contributed by atoms with E-state index < -0.39 is 35.5 Å². The van der Waals surface area contributed by atoms with Gasteiger partial charge in [0.15, 0.2) is 11.6 Å². The zero-order valence-electron chi connectivity index (χ0n) is 21.6. The quantitative estimate of drug-likeness (QED) is 0.217. The summed E-state index contributed by atoms with van der Waals surface area (Å²) in [6.07, 6.45) is 0.678. The van der Waals surface area contributed by atoms with Gasteiger partial charge in [-0.2, -0.15) is 0 Å². The molecular formula is C26H32BrF3N4O4S. The number of carboxylic acids is 1. The van der Waals surface area contributed by atoms with Gasteiger partial charge in [-0.25, -0.2) is 18.0 Å². The Morgan fingerprint density at radius 1 is 1.15 bits per heavy atom. The summed E-state index contributed by atoms with van der Waals surface area (Å²) in [6.45, 7) is 4.72. The van der Waals surface area contributed by atoms with Crippen LogP contribution in [0.15, 0.2) is 34.8 Å². The fourth-order valence-electron chi connectivity index (χ4n) is 3.71. The number of carbonyl (C=O) groups excluding carboxylic acids is 2. The van der Waals surface area contributed by atoms with E-state index >= 15 is 0 Å².